The third-order valence-electron chi connectivity index (χ3n) is 5.05. The van der Waals surface area contributed by atoms with Crippen LogP contribution in [0.4, 0.5) is 18.9 Å². The van der Waals surface area contributed by atoms with E-state index in [-0.39, 0.29) is 28.6 Å². The highest BCUT2D eigenvalue weighted by atomic mass is 32.2. The van der Waals surface area contributed by atoms with Crippen LogP contribution >= 0.6 is 0 Å². The predicted octanol–water partition coefficient (Wildman–Crippen LogP) is 3.03. The SMILES string of the molecule is Cn1cc2c(c1C(=O)Nc1ccc(F)c(C(F)F)c1)OC[C@H](Cc1cccnc1)NS2(=O)=O. The average molecular weight is 480 g/mol. The minimum atomic E-state index is -4.02. The number of carbonyl (C=O) groups excluding carboxylic acids is 1. The van der Waals surface area contributed by atoms with Crippen LogP contribution in [0.2, 0.25) is 0 Å². The van der Waals surface area contributed by atoms with E-state index in [1.165, 1.54) is 17.8 Å². The van der Waals surface area contributed by atoms with Crippen molar-refractivity contribution in [3.63, 3.8) is 0 Å². The number of pyridine rings is 1. The summed E-state index contributed by atoms with van der Waals surface area (Å²) in [6.45, 7) is -0.0580. The van der Waals surface area contributed by atoms with Gasteiger partial charge in [-0.2, -0.15) is 0 Å². The van der Waals surface area contributed by atoms with E-state index in [2.05, 4.69) is 15.0 Å². The number of rotatable bonds is 5. The number of ether oxygens (including phenoxy) is 1. The minimum absolute atomic E-state index is 0.0580. The number of aryl methyl sites for hydroxylation is 1. The first kappa shape index (κ1) is 22.8. The number of nitrogens with one attached hydrogen (secondary N) is 2. The summed E-state index contributed by atoms with van der Waals surface area (Å²) in [4.78, 5) is 16.7. The Balaban J connectivity index is 1.61. The zero-order valence-corrected chi connectivity index (χ0v) is 18.1. The fourth-order valence-corrected chi connectivity index (χ4v) is 4.97. The Kier molecular flexibility index (Phi) is 6.13. The summed E-state index contributed by atoms with van der Waals surface area (Å²) in [5, 5.41) is 2.39. The van der Waals surface area contributed by atoms with Crippen LogP contribution in [0.1, 0.15) is 28.0 Å². The van der Waals surface area contributed by atoms with Gasteiger partial charge in [0.15, 0.2) is 11.4 Å². The van der Waals surface area contributed by atoms with E-state index in [0.717, 1.165) is 23.8 Å². The quantitative estimate of drug-likeness (QED) is 0.585. The molecule has 3 heterocycles. The Morgan fingerprint density at radius 3 is 2.85 bits per heavy atom. The van der Waals surface area contributed by atoms with Crippen molar-refractivity contribution < 1.29 is 31.1 Å². The number of hydrogen-bond acceptors (Lipinski definition) is 5. The zero-order valence-electron chi connectivity index (χ0n) is 17.3. The van der Waals surface area contributed by atoms with Crippen molar-refractivity contribution >= 4 is 21.6 Å². The van der Waals surface area contributed by atoms with Crippen LogP contribution in [0.3, 0.4) is 0 Å². The second kappa shape index (κ2) is 8.87. The molecule has 1 atom stereocenters. The van der Waals surface area contributed by atoms with E-state index in [4.69, 9.17) is 4.74 Å². The van der Waals surface area contributed by atoms with Crippen molar-refractivity contribution in [1.29, 1.82) is 0 Å². The standard InChI is InChI=1S/C21H19F3N4O4S/c1-28-10-17-19(18(28)21(29)26-13-4-5-16(22)15(8-13)20(23)24)32-11-14(27-33(17,30)31)7-12-3-2-6-25-9-12/h2-6,8-10,14,20,27H,7,11H2,1H3,(H,26,29)/t14-/m0/s1. The number of anilines is 1. The molecule has 1 aliphatic rings. The summed E-state index contributed by atoms with van der Waals surface area (Å²) in [6, 6.07) is 5.68. The van der Waals surface area contributed by atoms with E-state index in [1.54, 1.807) is 24.5 Å². The molecule has 0 saturated carbocycles. The fourth-order valence-electron chi connectivity index (χ4n) is 3.55. The molecule has 33 heavy (non-hydrogen) atoms. The van der Waals surface area contributed by atoms with Crippen LogP contribution in [-0.4, -0.2) is 36.5 Å². The van der Waals surface area contributed by atoms with Crippen LogP contribution in [0.5, 0.6) is 5.75 Å². The van der Waals surface area contributed by atoms with E-state index in [1.807, 2.05) is 0 Å². The van der Waals surface area contributed by atoms with E-state index in [0.29, 0.717) is 6.42 Å². The van der Waals surface area contributed by atoms with E-state index < -0.39 is 39.8 Å². The van der Waals surface area contributed by atoms with Gasteiger partial charge in [0.2, 0.25) is 10.0 Å². The number of fused-ring (bicyclic) bond motifs is 1. The fraction of sp³-hybridized carbons (Fsp3) is 0.238. The van der Waals surface area contributed by atoms with Crippen molar-refractivity contribution in [2.24, 2.45) is 7.05 Å². The molecule has 0 aliphatic carbocycles. The van der Waals surface area contributed by atoms with Crippen molar-refractivity contribution in [3.05, 3.63) is 71.6 Å². The topological polar surface area (TPSA) is 102 Å². The van der Waals surface area contributed by atoms with E-state index >= 15 is 0 Å². The molecule has 12 heteroatoms. The first-order chi connectivity index (χ1) is 15.7. The summed E-state index contributed by atoms with van der Waals surface area (Å²) < 4.78 is 74.9. The Morgan fingerprint density at radius 2 is 2.15 bits per heavy atom. The highest BCUT2D eigenvalue weighted by molar-refractivity contribution is 7.89. The van der Waals surface area contributed by atoms with Gasteiger partial charge in [-0.15, -0.1) is 0 Å². The Morgan fingerprint density at radius 1 is 1.36 bits per heavy atom. The lowest BCUT2D eigenvalue weighted by molar-refractivity contribution is 0.101. The van der Waals surface area contributed by atoms with Gasteiger partial charge in [-0.1, -0.05) is 6.07 Å². The maximum absolute atomic E-state index is 13.5. The van der Waals surface area contributed by atoms with Crippen molar-refractivity contribution in [2.45, 2.75) is 23.8 Å². The highest BCUT2D eigenvalue weighted by Crippen LogP contribution is 2.33. The number of sulfonamides is 1. The Labute approximate surface area is 187 Å². The normalized spacial score (nSPS) is 17.2. The second-order valence-corrected chi connectivity index (χ2v) is 9.15. The van der Waals surface area contributed by atoms with Crippen molar-refractivity contribution in [1.82, 2.24) is 14.3 Å². The zero-order chi connectivity index (χ0) is 23.8. The molecule has 4 rings (SSSR count). The van der Waals surface area contributed by atoms with Gasteiger partial charge in [0.1, 0.15) is 17.3 Å². The monoisotopic (exact) mass is 480 g/mol. The smallest absolute Gasteiger partial charge is 0.276 e. The summed E-state index contributed by atoms with van der Waals surface area (Å²) in [6.07, 6.45) is 1.69. The minimum Gasteiger partial charge on any atom is -0.488 e. The molecule has 1 aromatic carbocycles. The van der Waals surface area contributed by atoms with Gasteiger partial charge in [-0.05, 0) is 36.2 Å². The number of nitrogens with zero attached hydrogens (tertiary/aromatic N) is 2. The van der Waals surface area contributed by atoms with E-state index in [9.17, 15) is 26.4 Å². The maximum atomic E-state index is 13.5. The number of amides is 1. The highest BCUT2D eigenvalue weighted by Gasteiger charge is 2.34. The van der Waals surface area contributed by atoms with Crippen molar-refractivity contribution in [2.75, 3.05) is 11.9 Å². The molecule has 0 spiro atoms. The molecule has 1 aliphatic heterocycles. The first-order valence-electron chi connectivity index (χ1n) is 9.78. The lowest BCUT2D eigenvalue weighted by Crippen LogP contribution is -2.38. The van der Waals surface area contributed by atoms with Gasteiger partial charge < -0.3 is 14.6 Å². The third-order valence-corrected chi connectivity index (χ3v) is 6.57. The Bertz CT molecular complexity index is 1300. The molecule has 0 radical (unpaired) electrons. The second-order valence-electron chi connectivity index (χ2n) is 7.47. The average Bonchev–Trinajstić information content (AvgIpc) is 3.05. The van der Waals surface area contributed by atoms with Gasteiger partial charge >= 0.3 is 0 Å². The molecule has 8 nitrogen and oxygen atoms in total. The van der Waals surface area contributed by atoms with Gasteiger partial charge in [-0.25, -0.2) is 26.3 Å². The molecule has 2 N–H and O–H groups in total. The summed E-state index contributed by atoms with van der Waals surface area (Å²) in [5.74, 6) is -2.06. The molecule has 0 bridgehead atoms. The summed E-state index contributed by atoms with van der Waals surface area (Å²) >= 11 is 0. The number of benzene rings is 1. The van der Waals surface area contributed by atoms with Crippen LogP contribution in [0.25, 0.3) is 0 Å². The maximum Gasteiger partial charge on any atom is 0.276 e. The molecule has 174 valence electrons. The van der Waals surface area contributed by atoms with Gasteiger partial charge in [-0.3, -0.25) is 9.78 Å². The van der Waals surface area contributed by atoms with Gasteiger partial charge in [0, 0.05) is 31.3 Å². The molecule has 2 aromatic heterocycles. The molecular weight excluding hydrogens is 461 g/mol. The summed E-state index contributed by atoms with van der Waals surface area (Å²) in [5.41, 5.74) is -0.263. The molecule has 3 aromatic rings. The molecule has 1 amide bonds. The third kappa shape index (κ3) is 4.71. The van der Waals surface area contributed by atoms with Crippen LogP contribution in [0, 0.1) is 5.82 Å². The van der Waals surface area contributed by atoms with Gasteiger partial charge in [0.05, 0.1) is 11.6 Å². The number of aromatic nitrogens is 2. The number of hydrogen-bond donors (Lipinski definition) is 2. The largest absolute Gasteiger partial charge is 0.488 e. The summed E-state index contributed by atoms with van der Waals surface area (Å²) in [7, 11) is -2.58. The number of carbonyl (C=O) groups is 1. The molecule has 0 saturated heterocycles. The first-order valence-corrected chi connectivity index (χ1v) is 11.3. The molecular formula is C21H19F3N4O4S. The molecule has 0 fully saturated rings. The lowest BCUT2D eigenvalue weighted by Gasteiger charge is -2.15. The molecule has 0 unspecified atom stereocenters. The van der Waals surface area contributed by atoms with Crippen LogP contribution in [-0.2, 0) is 23.5 Å². The predicted molar refractivity (Wildman–Crippen MR) is 112 cm³/mol. The van der Waals surface area contributed by atoms with Crippen LogP contribution < -0.4 is 14.8 Å². The number of halogens is 3. The van der Waals surface area contributed by atoms with Crippen LogP contribution in [0.15, 0.2) is 53.8 Å². The van der Waals surface area contributed by atoms with Gasteiger partial charge in [0.25, 0.3) is 12.3 Å². The lowest BCUT2D eigenvalue weighted by atomic mass is 10.1. The van der Waals surface area contributed by atoms with Crippen molar-refractivity contribution in [3.8, 4) is 5.75 Å². The number of alkyl halides is 2. The Hall–Kier alpha value is -3.38.